The van der Waals surface area contributed by atoms with Crippen LogP contribution < -0.4 is 4.74 Å². The highest BCUT2D eigenvalue weighted by molar-refractivity contribution is 7.89. The van der Waals surface area contributed by atoms with E-state index in [4.69, 9.17) is 9.15 Å². The van der Waals surface area contributed by atoms with Crippen LogP contribution >= 0.6 is 0 Å². The number of carbonyl (C=O) groups excluding carboxylic acids is 1. The first-order chi connectivity index (χ1) is 15.3. The van der Waals surface area contributed by atoms with E-state index in [9.17, 15) is 13.2 Å². The van der Waals surface area contributed by atoms with Crippen molar-refractivity contribution >= 4 is 26.9 Å². The van der Waals surface area contributed by atoms with Crippen LogP contribution in [0.25, 0.3) is 11.0 Å². The molecule has 2 fully saturated rings. The van der Waals surface area contributed by atoms with Gasteiger partial charge in [-0.25, -0.2) is 13.4 Å². The number of likely N-dealkylation sites (tertiary alicyclic amines) is 1. The van der Waals surface area contributed by atoms with Crippen molar-refractivity contribution in [3.63, 3.8) is 0 Å². The summed E-state index contributed by atoms with van der Waals surface area (Å²) in [6.45, 7) is 2.10. The van der Waals surface area contributed by atoms with E-state index in [1.165, 1.54) is 12.5 Å². The molecule has 5 rings (SSSR count). The number of furan rings is 1. The monoisotopic (exact) mass is 458 g/mol. The summed E-state index contributed by atoms with van der Waals surface area (Å²) < 4.78 is 40.2. The van der Waals surface area contributed by atoms with E-state index in [1.54, 1.807) is 40.1 Å². The summed E-state index contributed by atoms with van der Waals surface area (Å²) in [5.74, 6) is 0.750. The number of benzene rings is 1. The first kappa shape index (κ1) is 21.0. The van der Waals surface area contributed by atoms with Crippen LogP contribution in [-0.2, 0) is 17.1 Å². The molecule has 3 aromatic rings. The molecule has 0 atom stereocenters. The lowest BCUT2D eigenvalue weighted by Gasteiger charge is -2.38. The van der Waals surface area contributed by atoms with Crippen molar-refractivity contribution in [2.75, 3.05) is 33.3 Å². The van der Waals surface area contributed by atoms with E-state index in [0.717, 1.165) is 24.6 Å². The Morgan fingerprint density at radius 3 is 2.62 bits per heavy atom. The van der Waals surface area contributed by atoms with Crippen molar-refractivity contribution in [2.45, 2.75) is 24.3 Å². The van der Waals surface area contributed by atoms with E-state index in [1.807, 2.05) is 12.1 Å². The van der Waals surface area contributed by atoms with E-state index in [0.29, 0.717) is 43.3 Å². The molecule has 2 aliphatic heterocycles. The highest BCUT2D eigenvalue weighted by atomic mass is 32.2. The van der Waals surface area contributed by atoms with Crippen LogP contribution in [0.1, 0.15) is 29.8 Å². The van der Waals surface area contributed by atoms with E-state index >= 15 is 0 Å². The third kappa shape index (κ3) is 3.47. The number of carbonyl (C=O) groups is 1. The number of nitrogens with zero attached hydrogens (tertiary/aromatic N) is 4. The van der Waals surface area contributed by atoms with Crippen LogP contribution in [0.5, 0.6) is 5.75 Å². The minimum atomic E-state index is -3.59. The number of hydrogen-bond acceptors (Lipinski definition) is 6. The molecule has 1 amide bonds. The number of amides is 1. The summed E-state index contributed by atoms with van der Waals surface area (Å²) in [7, 11) is -0.270. The fourth-order valence-corrected chi connectivity index (χ4v) is 6.32. The third-order valence-electron chi connectivity index (χ3n) is 6.74. The van der Waals surface area contributed by atoms with Gasteiger partial charge in [-0.15, -0.1) is 0 Å². The van der Waals surface area contributed by atoms with Gasteiger partial charge in [0.05, 0.1) is 13.4 Å². The quantitative estimate of drug-likeness (QED) is 0.596. The van der Waals surface area contributed by atoms with Gasteiger partial charge in [0.25, 0.3) is 15.9 Å². The molecule has 2 aromatic heterocycles. The van der Waals surface area contributed by atoms with Crippen LogP contribution in [0.2, 0.25) is 0 Å². The molecule has 0 saturated carbocycles. The fraction of sp³-hybridized carbons (Fsp3) is 0.455. The van der Waals surface area contributed by atoms with E-state index in [2.05, 4.69) is 4.98 Å². The fourth-order valence-electron chi connectivity index (χ4n) is 4.80. The van der Waals surface area contributed by atoms with Crippen LogP contribution in [0.15, 0.2) is 46.2 Å². The lowest BCUT2D eigenvalue weighted by molar-refractivity contribution is 0.0571. The van der Waals surface area contributed by atoms with Gasteiger partial charge in [0.2, 0.25) is 0 Å². The van der Waals surface area contributed by atoms with Gasteiger partial charge in [-0.2, -0.15) is 4.31 Å². The SMILES string of the molecule is COc1cccc2cc(C(=O)N3CCC4(CC3)CCN(S(=O)(=O)c3cn(C)cn3)C4)oc12. The minimum absolute atomic E-state index is 0.0879. The van der Waals surface area contributed by atoms with Crippen LogP contribution in [0.3, 0.4) is 0 Å². The topological polar surface area (TPSA) is 97.9 Å². The number of aryl methyl sites for hydroxylation is 1. The number of rotatable bonds is 4. The van der Waals surface area contributed by atoms with Gasteiger partial charge in [-0.1, -0.05) is 12.1 Å². The van der Waals surface area contributed by atoms with Gasteiger partial charge in [0.1, 0.15) is 0 Å². The molecule has 0 N–H and O–H groups in total. The Balaban J connectivity index is 1.27. The number of sulfonamides is 1. The first-order valence-corrected chi connectivity index (χ1v) is 12.1. The van der Waals surface area contributed by atoms with Gasteiger partial charge in [-0.3, -0.25) is 4.79 Å². The number of aromatic nitrogens is 2. The van der Waals surface area contributed by atoms with Crippen LogP contribution in [0, 0.1) is 5.41 Å². The maximum absolute atomic E-state index is 13.1. The molecular formula is C22H26N4O5S. The molecule has 0 aliphatic carbocycles. The molecule has 4 heterocycles. The molecule has 1 spiro atoms. The van der Waals surface area contributed by atoms with Gasteiger partial charge in [0, 0.05) is 44.8 Å². The van der Waals surface area contributed by atoms with Gasteiger partial charge >= 0.3 is 0 Å². The Hall–Kier alpha value is -2.85. The van der Waals surface area contributed by atoms with Crippen molar-refractivity contribution in [1.29, 1.82) is 0 Å². The molecule has 1 aromatic carbocycles. The summed E-state index contributed by atoms with van der Waals surface area (Å²) in [6.07, 6.45) is 5.34. The summed E-state index contributed by atoms with van der Waals surface area (Å²) in [5.41, 5.74) is 0.466. The highest BCUT2D eigenvalue weighted by Gasteiger charge is 2.45. The largest absolute Gasteiger partial charge is 0.493 e. The molecule has 9 nitrogen and oxygen atoms in total. The Morgan fingerprint density at radius 2 is 1.94 bits per heavy atom. The first-order valence-electron chi connectivity index (χ1n) is 10.7. The lowest BCUT2D eigenvalue weighted by Crippen LogP contribution is -2.44. The molecule has 0 bridgehead atoms. The Labute approximate surface area is 186 Å². The number of fused-ring (bicyclic) bond motifs is 1. The highest BCUT2D eigenvalue weighted by Crippen LogP contribution is 2.42. The maximum atomic E-state index is 13.1. The second-order valence-electron chi connectivity index (χ2n) is 8.75. The van der Waals surface area contributed by atoms with E-state index in [-0.39, 0.29) is 16.3 Å². The smallest absolute Gasteiger partial charge is 0.289 e. The summed E-state index contributed by atoms with van der Waals surface area (Å²) in [4.78, 5) is 18.9. The summed E-state index contributed by atoms with van der Waals surface area (Å²) >= 11 is 0. The summed E-state index contributed by atoms with van der Waals surface area (Å²) in [6, 6.07) is 7.30. The predicted molar refractivity (Wildman–Crippen MR) is 117 cm³/mol. The van der Waals surface area contributed by atoms with Gasteiger partial charge in [-0.05, 0) is 36.8 Å². The lowest BCUT2D eigenvalue weighted by atomic mass is 9.78. The zero-order chi connectivity index (χ0) is 22.5. The molecule has 0 radical (unpaired) electrons. The van der Waals surface area contributed by atoms with Crippen LogP contribution in [0.4, 0.5) is 0 Å². The number of hydrogen-bond donors (Lipinski definition) is 0. The van der Waals surface area contributed by atoms with Crippen molar-refractivity contribution in [3.8, 4) is 5.75 Å². The molecule has 170 valence electrons. The molecule has 0 unspecified atom stereocenters. The standard InChI is InChI=1S/C22H26N4O5S/c1-24-13-19(23-15-24)32(28,29)26-11-8-22(14-26)6-9-25(10-7-22)21(27)18-12-16-4-3-5-17(30-2)20(16)31-18/h3-5,12-13,15H,6-11,14H2,1-2H3. The minimum Gasteiger partial charge on any atom is -0.493 e. The van der Waals surface area contributed by atoms with Gasteiger partial charge < -0.3 is 18.6 Å². The van der Waals surface area contributed by atoms with Crippen molar-refractivity contribution in [2.24, 2.45) is 12.5 Å². The normalized spacial score (nSPS) is 19.1. The van der Waals surface area contributed by atoms with Crippen molar-refractivity contribution in [1.82, 2.24) is 18.8 Å². The number of para-hydroxylation sites is 1. The Kier molecular flexibility index (Phi) is 5.01. The maximum Gasteiger partial charge on any atom is 0.289 e. The second kappa shape index (κ2) is 7.63. The Morgan fingerprint density at radius 1 is 1.19 bits per heavy atom. The molecule has 2 aliphatic rings. The summed E-state index contributed by atoms with van der Waals surface area (Å²) in [5, 5.41) is 0.914. The molecule has 10 heteroatoms. The Bertz CT molecular complexity index is 1270. The van der Waals surface area contributed by atoms with Crippen molar-refractivity contribution < 1.29 is 22.4 Å². The number of imidazole rings is 1. The number of methoxy groups -OCH3 is 1. The van der Waals surface area contributed by atoms with Gasteiger partial charge in [0.15, 0.2) is 22.1 Å². The predicted octanol–water partition coefficient (Wildman–Crippen LogP) is 2.49. The zero-order valence-electron chi connectivity index (χ0n) is 18.2. The average Bonchev–Trinajstić information content (AvgIpc) is 3.52. The third-order valence-corrected chi connectivity index (χ3v) is 8.47. The number of ether oxygens (including phenoxy) is 1. The molecule has 32 heavy (non-hydrogen) atoms. The number of piperidine rings is 1. The van der Waals surface area contributed by atoms with Crippen molar-refractivity contribution in [3.05, 3.63) is 42.5 Å². The molecule has 2 saturated heterocycles. The second-order valence-corrected chi connectivity index (χ2v) is 10.6. The van der Waals surface area contributed by atoms with E-state index < -0.39 is 10.0 Å². The average molecular weight is 459 g/mol. The molecular weight excluding hydrogens is 432 g/mol. The zero-order valence-corrected chi connectivity index (χ0v) is 19.0. The van der Waals surface area contributed by atoms with Crippen LogP contribution in [-0.4, -0.2) is 66.4 Å².